The van der Waals surface area contributed by atoms with Gasteiger partial charge in [0.1, 0.15) is 5.54 Å². The standard InChI is InChI=1S/C7H14N2O/c1-4-5-6(8)7(2,3)9-10/h5H,4,8H2,1-3H3/b6-5-. The Morgan fingerprint density at radius 2 is 2.20 bits per heavy atom. The maximum Gasteiger partial charge on any atom is 0.136 e. The molecule has 0 saturated heterocycles. The first kappa shape index (κ1) is 9.14. The van der Waals surface area contributed by atoms with E-state index in [1.165, 1.54) is 0 Å². The maximum absolute atomic E-state index is 10.2. The third kappa shape index (κ3) is 2.17. The van der Waals surface area contributed by atoms with Crippen molar-refractivity contribution in [2.24, 2.45) is 10.9 Å². The lowest BCUT2D eigenvalue weighted by Gasteiger charge is -2.14. The van der Waals surface area contributed by atoms with Crippen molar-refractivity contribution in [3.63, 3.8) is 0 Å². The summed E-state index contributed by atoms with van der Waals surface area (Å²) >= 11 is 0. The van der Waals surface area contributed by atoms with Gasteiger partial charge >= 0.3 is 0 Å². The van der Waals surface area contributed by atoms with E-state index in [0.717, 1.165) is 6.42 Å². The van der Waals surface area contributed by atoms with Crippen LogP contribution in [0.25, 0.3) is 0 Å². The van der Waals surface area contributed by atoms with Crippen LogP contribution < -0.4 is 5.73 Å². The van der Waals surface area contributed by atoms with Gasteiger partial charge in [-0.1, -0.05) is 18.2 Å². The molecule has 0 aliphatic heterocycles. The minimum Gasteiger partial charge on any atom is -0.400 e. The molecule has 0 aromatic heterocycles. The highest BCUT2D eigenvalue weighted by molar-refractivity contribution is 5.12. The Balaban J connectivity index is 4.31. The number of allylic oxidation sites excluding steroid dienone is 1. The normalized spacial score (nSPS) is 13.3. The van der Waals surface area contributed by atoms with Gasteiger partial charge in [-0.25, -0.2) is 0 Å². The second kappa shape index (κ2) is 3.34. The van der Waals surface area contributed by atoms with Crippen molar-refractivity contribution >= 4 is 0 Å². The Hall–Kier alpha value is -0.860. The lowest BCUT2D eigenvalue weighted by Crippen LogP contribution is -2.25. The Morgan fingerprint density at radius 1 is 1.70 bits per heavy atom. The summed E-state index contributed by atoms with van der Waals surface area (Å²) in [6, 6.07) is 0. The average molecular weight is 142 g/mol. The molecule has 0 bridgehead atoms. The van der Waals surface area contributed by atoms with Gasteiger partial charge in [0.05, 0.1) is 0 Å². The smallest absolute Gasteiger partial charge is 0.136 e. The van der Waals surface area contributed by atoms with E-state index < -0.39 is 5.54 Å². The van der Waals surface area contributed by atoms with E-state index in [1.807, 2.05) is 6.92 Å². The van der Waals surface area contributed by atoms with Crippen molar-refractivity contribution < 1.29 is 0 Å². The zero-order valence-electron chi connectivity index (χ0n) is 6.72. The van der Waals surface area contributed by atoms with Crippen molar-refractivity contribution in [1.29, 1.82) is 0 Å². The van der Waals surface area contributed by atoms with Crippen molar-refractivity contribution in [1.82, 2.24) is 0 Å². The number of rotatable bonds is 3. The molecule has 0 rings (SSSR count). The summed E-state index contributed by atoms with van der Waals surface area (Å²) in [6.07, 6.45) is 2.65. The highest BCUT2D eigenvalue weighted by Gasteiger charge is 2.20. The number of hydrogen-bond donors (Lipinski definition) is 1. The van der Waals surface area contributed by atoms with E-state index in [1.54, 1.807) is 19.9 Å². The summed E-state index contributed by atoms with van der Waals surface area (Å²) in [5, 5.41) is 2.90. The first-order valence-electron chi connectivity index (χ1n) is 3.35. The molecule has 0 saturated carbocycles. The van der Waals surface area contributed by atoms with Crippen LogP contribution in [-0.4, -0.2) is 5.54 Å². The third-order valence-corrected chi connectivity index (χ3v) is 1.36. The van der Waals surface area contributed by atoms with E-state index in [9.17, 15) is 4.91 Å². The monoisotopic (exact) mass is 142 g/mol. The highest BCUT2D eigenvalue weighted by atomic mass is 16.3. The van der Waals surface area contributed by atoms with Gasteiger partial charge in [-0.2, -0.15) is 0 Å². The van der Waals surface area contributed by atoms with Crippen LogP contribution in [0.15, 0.2) is 16.9 Å². The first-order chi connectivity index (χ1) is 4.54. The number of nitroso groups, excluding NO2 is 1. The molecule has 58 valence electrons. The summed E-state index contributed by atoms with van der Waals surface area (Å²) < 4.78 is 0. The average Bonchev–Trinajstić information content (AvgIpc) is 1.89. The van der Waals surface area contributed by atoms with E-state index in [0.29, 0.717) is 5.70 Å². The zero-order valence-corrected chi connectivity index (χ0v) is 6.72. The van der Waals surface area contributed by atoms with Crippen LogP contribution in [0.1, 0.15) is 27.2 Å². The summed E-state index contributed by atoms with van der Waals surface area (Å²) in [5.74, 6) is 0. The topological polar surface area (TPSA) is 55.4 Å². The maximum atomic E-state index is 10.2. The van der Waals surface area contributed by atoms with Gasteiger partial charge in [-0.3, -0.25) is 0 Å². The van der Waals surface area contributed by atoms with Crippen molar-refractivity contribution in [3.05, 3.63) is 16.7 Å². The summed E-state index contributed by atoms with van der Waals surface area (Å²) in [4.78, 5) is 10.2. The van der Waals surface area contributed by atoms with E-state index in [2.05, 4.69) is 5.18 Å². The van der Waals surface area contributed by atoms with E-state index in [-0.39, 0.29) is 0 Å². The lowest BCUT2D eigenvalue weighted by atomic mass is 10.0. The van der Waals surface area contributed by atoms with Crippen LogP contribution in [0.5, 0.6) is 0 Å². The van der Waals surface area contributed by atoms with Crippen LogP contribution in [0.3, 0.4) is 0 Å². The van der Waals surface area contributed by atoms with Crippen LogP contribution in [0, 0.1) is 4.91 Å². The SMILES string of the molecule is CC/C=C(\N)C(C)(C)N=O. The van der Waals surface area contributed by atoms with Crippen LogP contribution in [0.4, 0.5) is 0 Å². The molecule has 3 heteroatoms. The Bertz CT molecular complexity index is 150. The van der Waals surface area contributed by atoms with E-state index in [4.69, 9.17) is 5.73 Å². The minimum absolute atomic E-state index is 0.546. The predicted octanol–water partition coefficient (Wildman–Crippen LogP) is 1.78. The fourth-order valence-electron chi connectivity index (χ4n) is 0.522. The summed E-state index contributed by atoms with van der Waals surface area (Å²) in [5.41, 5.74) is 5.35. The van der Waals surface area contributed by atoms with Gasteiger partial charge in [0.2, 0.25) is 0 Å². The molecule has 0 radical (unpaired) electrons. The molecule has 0 spiro atoms. The quantitative estimate of drug-likeness (QED) is 0.610. The Labute approximate surface area is 61.3 Å². The number of hydrogen-bond acceptors (Lipinski definition) is 3. The molecule has 0 unspecified atom stereocenters. The van der Waals surface area contributed by atoms with Crippen LogP contribution >= 0.6 is 0 Å². The molecule has 3 nitrogen and oxygen atoms in total. The molecular formula is C7H14N2O. The Morgan fingerprint density at radius 3 is 2.50 bits per heavy atom. The van der Waals surface area contributed by atoms with Gasteiger partial charge in [0.25, 0.3) is 0 Å². The van der Waals surface area contributed by atoms with Crippen molar-refractivity contribution in [2.45, 2.75) is 32.7 Å². The fraction of sp³-hybridized carbons (Fsp3) is 0.714. The molecule has 0 atom stereocenters. The van der Waals surface area contributed by atoms with Crippen LogP contribution in [0.2, 0.25) is 0 Å². The molecule has 0 aromatic carbocycles. The highest BCUT2D eigenvalue weighted by Crippen LogP contribution is 2.15. The minimum atomic E-state index is -0.740. The predicted molar refractivity (Wildman–Crippen MR) is 42.4 cm³/mol. The van der Waals surface area contributed by atoms with Gasteiger partial charge in [-0.15, -0.1) is 4.91 Å². The molecule has 0 aliphatic rings. The molecule has 0 heterocycles. The van der Waals surface area contributed by atoms with Gasteiger partial charge in [-0.05, 0) is 20.3 Å². The molecular weight excluding hydrogens is 128 g/mol. The molecule has 0 aliphatic carbocycles. The fourth-order valence-corrected chi connectivity index (χ4v) is 0.522. The van der Waals surface area contributed by atoms with Gasteiger partial charge < -0.3 is 5.73 Å². The lowest BCUT2D eigenvalue weighted by molar-refractivity contribution is 0.598. The molecule has 2 N–H and O–H groups in total. The molecule has 0 amide bonds. The molecule has 0 aromatic rings. The zero-order chi connectivity index (χ0) is 8.20. The van der Waals surface area contributed by atoms with E-state index >= 15 is 0 Å². The summed E-state index contributed by atoms with van der Waals surface area (Å²) in [7, 11) is 0. The largest absolute Gasteiger partial charge is 0.400 e. The van der Waals surface area contributed by atoms with Gasteiger partial charge in [0.15, 0.2) is 0 Å². The van der Waals surface area contributed by atoms with Crippen LogP contribution in [-0.2, 0) is 0 Å². The third-order valence-electron chi connectivity index (χ3n) is 1.36. The Kier molecular flexibility index (Phi) is 3.06. The van der Waals surface area contributed by atoms with Crippen molar-refractivity contribution in [2.75, 3.05) is 0 Å². The second-order valence-corrected chi connectivity index (χ2v) is 2.72. The molecule has 0 fully saturated rings. The van der Waals surface area contributed by atoms with Crippen molar-refractivity contribution in [3.8, 4) is 0 Å². The van der Waals surface area contributed by atoms with Gasteiger partial charge in [0, 0.05) is 5.70 Å². The summed E-state index contributed by atoms with van der Waals surface area (Å²) in [6.45, 7) is 5.36. The molecule has 10 heavy (non-hydrogen) atoms. The first-order valence-corrected chi connectivity index (χ1v) is 3.35. The second-order valence-electron chi connectivity index (χ2n) is 2.72. The number of nitrogens with two attached hydrogens (primary N) is 1. The number of nitrogens with zero attached hydrogens (tertiary/aromatic N) is 1.